The third-order valence-corrected chi connectivity index (χ3v) is 0.766. The van der Waals surface area contributed by atoms with Gasteiger partial charge in [-0.15, -0.1) is 0 Å². The van der Waals surface area contributed by atoms with E-state index in [1.165, 1.54) is 0 Å². The number of nitrogens with one attached hydrogen (secondary N) is 2. The zero-order chi connectivity index (χ0) is 6.15. The normalized spacial score (nSPS) is 18.2. The Kier molecular flexibility index (Phi) is 0.802. The molecule has 1 aliphatic rings. The summed E-state index contributed by atoms with van der Waals surface area (Å²) in [7, 11) is 0. The molecule has 1 rings (SSSR count). The molecule has 0 bridgehead atoms. The smallest absolute Gasteiger partial charge is 0.303 e. The Balaban J connectivity index is 2.79. The molecule has 0 aliphatic carbocycles. The maximum atomic E-state index is 10.3. The quantitative estimate of drug-likeness (QED) is 0.323. The fraction of sp³-hybridized carbons (Fsp3) is 0. The van der Waals surface area contributed by atoms with Gasteiger partial charge in [-0.2, -0.15) is 0 Å². The average Bonchev–Trinajstić information content (AvgIpc) is 1.85. The van der Waals surface area contributed by atoms with Crippen molar-refractivity contribution in [3.63, 3.8) is 0 Å². The molecule has 4 heteroatoms. The monoisotopic (exact) mass is 112 g/mol. The molecule has 42 valence electrons. The average molecular weight is 112 g/mol. The molecule has 1 fully saturated rings. The number of amides is 3. The highest BCUT2D eigenvalue weighted by atomic mass is 16.2. The molecule has 0 aromatic carbocycles. The molecule has 0 aromatic rings. The van der Waals surface area contributed by atoms with E-state index in [9.17, 15) is 9.59 Å². The summed E-state index contributed by atoms with van der Waals surface area (Å²) < 4.78 is 0. The van der Waals surface area contributed by atoms with Crippen LogP contribution in [0, 0.1) is 0 Å². The third kappa shape index (κ3) is 0.556. The number of hydrogen-bond donors (Lipinski definition) is 2. The van der Waals surface area contributed by atoms with Gasteiger partial charge >= 0.3 is 6.03 Å². The van der Waals surface area contributed by atoms with Crippen molar-refractivity contribution in [2.75, 3.05) is 0 Å². The molecule has 4 nitrogen and oxygen atoms in total. The number of urea groups is 1. The van der Waals surface area contributed by atoms with Crippen molar-refractivity contribution in [1.29, 1.82) is 0 Å². The lowest BCUT2D eigenvalue weighted by molar-refractivity contribution is -0.115. The summed E-state index contributed by atoms with van der Waals surface area (Å²) in [5.41, 5.74) is 0.106. The van der Waals surface area contributed by atoms with Crippen LogP contribution in [-0.2, 0) is 4.79 Å². The van der Waals surface area contributed by atoms with Crippen LogP contribution < -0.4 is 10.6 Å². The van der Waals surface area contributed by atoms with Crippen LogP contribution in [-0.4, -0.2) is 11.9 Å². The number of rotatable bonds is 0. The Morgan fingerprint density at radius 2 is 1.88 bits per heavy atom. The molecular weight excluding hydrogens is 108 g/mol. The lowest BCUT2D eigenvalue weighted by Gasteiger charge is -1.81. The van der Waals surface area contributed by atoms with Gasteiger partial charge in [0.2, 0.25) is 0 Å². The number of imide groups is 1. The molecule has 2 N–H and O–H groups in total. The fourth-order valence-corrected chi connectivity index (χ4v) is 0.404. The minimum Gasteiger partial charge on any atom is -0.303 e. The lowest BCUT2D eigenvalue weighted by Crippen LogP contribution is -2.22. The lowest BCUT2D eigenvalue weighted by atomic mass is 10.5. The van der Waals surface area contributed by atoms with E-state index in [-0.39, 0.29) is 5.70 Å². The van der Waals surface area contributed by atoms with E-state index in [4.69, 9.17) is 0 Å². The maximum Gasteiger partial charge on any atom is 0.326 e. The van der Waals surface area contributed by atoms with E-state index in [0.29, 0.717) is 0 Å². The molecule has 0 saturated carbocycles. The van der Waals surface area contributed by atoms with Gasteiger partial charge in [-0.25, -0.2) is 4.79 Å². The molecule has 1 heterocycles. The zero-order valence-corrected chi connectivity index (χ0v) is 4.02. The summed E-state index contributed by atoms with van der Waals surface area (Å²) in [6.45, 7) is 3.24. The van der Waals surface area contributed by atoms with Gasteiger partial charge in [0.15, 0.2) is 0 Å². The van der Waals surface area contributed by atoms with Gasteiger partial charge in [0, 0.05) is 0 Å². The van der Waals surface area contributed by atoms with Crippen LogP contribution in [0.25, 0.3) is 0 Å². The Morgan fingerprint density at radius 1 is 1.25 bits per heavy atom. The first-order chi connectivity index (χ1) is 3.70. The standard InChI is InChI=1S/C4H4N2O2/c1-2-3(7)6-4(8)5-2/h1H2,(H2,5,6,7,8). The highest BCUT2D eigenvalue weighted by Gasteiger charge is 2.19. The molecule has 1 saturated heterocycles. The van der Waals surface area contributed by atoms with Gasteiger partial charge in [0.05, 0.1) is 0 Å². The van der Waals surface area contributed by atoms with Gasteiger partial charge in [-0.05, 0) is 0 Å². The second-order valence-electron chi connectivity index (χ2n) is 1.39. The van der Waals surface area contributed by atoms with E-state index in [1.807, 2.05) is 5.32 Å². The first kappa shape index (κ1) is 4.83. The van der Waals surface area contributed by atoms with E-state index < -0.39 is 11.9 Å². The van der Waals surface area contributed by atoms with E-state index in [1.54, 1.807) is 0 Å². The number of carbonyl (C=O) groups is 2. The Hall–Kier alpha value is -1.32. The van der Waals surface area contributed by atoms with Crippen molar-refractivity contribution in [1.82, 2.24) is 10.6 Å². The van der Waals surface area contributed by atoms with Crippen molar-refractivity contribution in [3.05, 3.63) is 12.3 Å². The maximum absolute atomic E-state index is 10.3. The predicted molar refractivity (Wildman–Crippen MR) is 25.8 cm³/mol. The van der Waals surface area contributed by atoms with Crippen LogP contribution in [0.4, 0.5) is 4.79 Å². The van der Waals surface area contributed by atoms with Crippen molar-refractivity contribution in [3.8, 4) is 0 Å². The fourth-order valence-electron chi connectivity index (χ4n) is 0.404. The van der Waals surface area contributed by atoms with Gasteiger partial charge in [0.1, 0.15) is 5.70 Å². The van der Waals surface area contributed by atoms with Crippen LogP contribution in [0.5, 0.6) is 0 Å². The topological polar surface area (TPSA) is 58.2 Å². The molecular formula is C4H4N2O2. The minimum absolute atomic E-state index is 0.106. The SMILES string of the molecule is C=C1NC(=O)NC1=O. The molecule has 0 atom stereocenters. The highest BCUT2D eigenvalue weighted by Crippen LogP contribution is 1.90. The van der Waals surface area contributed by atoms with E-state index in [0.717, 1.165) is 0 Å². The summed E-state index contributed by atoms with van der Waals surface area (Å²) in [5, 5.41) is 4.15. The molecule has 8 heavy (non-hydrogen) atoms. The summed E-state index contributed by atoms with van der Waals surface area (Å²) in [6, 6.07) is -0.500. The largest absolute Gasteiger partial charge is 0.326 e. The first-order valence-electron chi connectivity index (χ1n) is 2.01. The highest BCUT2D eigenvalue weighted by molar-refractivity contribution is 6.11. The van der Waals surface area contributed by atoms with E-state index in [2.05, 4.69) is 11.9 Å². The van der Waals surface area contributed by atoms with Gasteiger partial charge < -0.3 is 5.32 Å². The summed E-state index contributed by atoms with van der Waals surface area (Å²) >= 11 is 0. The molecule has 1 aliphatic heterocycles. The Morgan fingerprint density at radius 3 is 2.00 bits per heavy atom. The first-order valence-corrected chi connectivity index (χ1v) is 2.01. The summed E-state index contributed by atoms with van der Waals surface area (Å²) in [4.78, 5) is 20.5. The Bertz CT molecular complexity index is 155. The second-order valence-corrected chi connectivity index (χ2v) is 1.39. The van der Waals surface area contributed by atoms with Crippen LogP contribution >= 0.6 is 0 Å². The van der Waals surface area contributed by atoms with Crippen molar-refractivity contribution >= 4 is 11.9 Å². The number of hydrogen-bond acceptors (Lipinski definition) is 2. The number of carbonyl (C=O) groups excluding carboxylic acids is 2. The zero-order valence-electron chi connectivity index (χ0n) is 4.02. The summed E-state index contributed by atoms with van der Waals surface area (Å²) in [5.74, 6) is -0.449. The van der Waals surface area contributed by atoms with Crippen LogP contribution in [0.3, 0.4) is 0 Å². The van der Waals surface area contributed by atoms with Gasteiger partial charge in [-0.3, -0.25) is 10.1 Å². The van der Waals surface area contributed by atoms with Gasteiger partial charge in [-0.1, -0.05) is 6.58 Å². The van der Waals surface area contributed by atoms with Crippen LogP contribution in [0.1, 0.15) is 0 Å². The van der Waals surface area contributed by atoms with Crippen molar-refractivity contribution in [2.24, 2.45) is 0 Å². The third-order valence-electron chi connectivity index (χ3n) is 0.766. The molecule has 0 aromatic heterocycles. The van der Waals surface area contributed by atoms with E-state index >= 15 is 0 Å². The predicted octanol–water partition coefficient (Wildman–Crippen LogP) is -0.661. The van der Waals surface area contributed by atoms with Crippen LogP contribution in [0.2, 0.25) is 0 Å². The Labute approximate surface area is 45.6 Å². The molecule has 0 spiro atoms. The second kappa shape index (κ2) is 1.33. The van der Waals surface area contributed by atoms with Crippen LogP contribution in [0.15, 0.2) is 12.3 Å². The molecule has 3 amide bonds. The van der Waals surface area contributed by atoms with Gasteiger partial charge in [0.25, 0.3) is 5.91 Å². The minimum atomic E-state index is -0.500. The van der Waals surface area contributed by atoms with Crippen molar-refractivity contribution < 1.29 is 9.59 Å². The summed E-state index contributed by atoms with van der Waals surface area (Å²) in [6.07, 6.45) is 0. The molecule has 0 unspecified atom stereocenters. The van der Waals surface area contributed by atoms with Crippen molar-refractivity contribution in [2.45, 2.75) is 0 Å². The molecule has 0 radical (unpaired) electrons.